The Kier molecular flexibility index (Phi) is 5.51. The molecule has 0 radical (unpaired) electrons. The molecule has 1 aromatic heterocycles. The van der Waals surface area contributed by atoms with E-state index in [1.54, 1.807) is 4.68 Å². The van der Waals surface area contributed by atoms with E-state index in [4.69, 9.17) is 4.74 Å². The number of amides is 1. The standard InChI is InChI=1S/C23H26N4O2/c1-3-29-21-11-7-10-20(17-21)25-12-14-26(15-13-25)23(28)22-16-18(2)24-27(22)19-8-5-4-6-9-19/h4-11,16-17H,3,12-15H2,1-2H3. The molecule has 1 aliphatic heterocycles. The van der Waals surface area contributed by atoms with Crippen molar-refractivity contribution in [1.82, 2.24) is 14.7 Å². The number of ether oxygens (including phenoxy) is 1. The van der Waals surface area contributed by atoms with Gasteiger partial charge >= 0.3 is 0 Å². The molecule has 6 heteroatoms. The van der Waals surface area contributed by atoms with Crippen LogP contribution in [0.3, 0.4) is 0 Å². The summed E-state index contributed by atoms with van der Waals surface area (Å²) in [6.07, 6.45) is 0. The van der Waals surface area contributed by atoms with E-state index in [-0.39, 0.29) is 5.91 Å². The molecule has 0 N–H and O–H groups in total. The minimum atomic E-state index is 0.0252. The lowest BCUT2D eigenvalue weighted by Gasteiger charge is -2.36. The monoisotopic (exact) mass is 390 g/mol. The number of para-hydroxylation sites is 1. The van der Waals surface area contributed by atoms with Crippen LogP contribution in [0.15, 0.2) is 60.7 Å². The molecule has 0 aliphatic carbocycles. The first kappa shape index (κ1) is 19.1. The molecule has 3 aromatic rings. The number of rotatable bonds is 5. The molecule has 1 aliphatic rings. The topological polar surface area (TPSA) is 50.6 Å². The third-order valence-electron chi connectivity index (χ3n) is 5.11. The highest BCUT2D eigenvalue weighted by Gasteiger charge is 2.25. The number of hydrogen-bond donors (Lipinski definition) is 0. The molecule has 2 heterocycles. The van der Waals surface area contributed by atoms with Crippen LogP contribution in [-0.2, 0) is 0 Å². The van der Waals surface area contributed by atoms with Crippen LogP contribution in [0.1, 0.15) is 23.1 Å². The molecule has 0 atom stereocenters. The predicted molar refractivity (Wildman–Crippen MR) is 114 cm³/mol. The van der Waals surface area contributed by atoms with Gasteiger partial charge in [-0.3, -0.25) is 4.79 Å². The van der Waals surface area contributed by atoms with Gasteiger partial charge in [0.05, 0.1) is 18.0 Å². The number of piperazine rings is 1. The summed E-state index contributed by atoms with van der Waals surface area (Å²) in [5.74, 6) is 0.905. The Bertz CT molecular complexity index is 976. The average molecular weight is 390 g/mol. The van der Waals surface area contributed by atoms with Crippen molar-refractivity contribution in [3.63, 3.8) is 0 Å². The van der Waals surface area contributed by atoms with Gasteiger partial charge in [0.15, 0.2) is 0 Å². The van der Waals surface area contributed by atoms with Gasteiger partial charge in [-0.25, -0.2) is 4.68 Å². The fourth-order valence-corrected chi connectivity index (χ4v) is 3.68. The Morgan fingerprint density at radius 1 is 0.966 bits per heavy atom. The van der Waals surface area contributed by atoms with Crippen molar-refractivity contribution in [2.24, 2.45) is 0 Å². The van der Waals surface area contributed by atoms with Crippen molar-refractivity contribution in [2.45, 2.75) is 13.8 Å². The molecule has 29 heavy (non-hydrogen) atoms. The highest BCUT2D eigenvalue weighted by Crippen LogP contribution is 2.23. The maximum absolute atomic E-state index is 13.2. The summed E-state index contributed by atoms with van der Waals surface area (Å²) in [5, 5.41) is 4.53. The van der Waals surface area contributed by atoms with E-state index in [2.05, 4.69) is 22.1 Å². The van der Waals surface area contributed by atoms with Crippen molar-refractivity contribution >= 4 is 11.6 Å². The number of anilines is 1. The first-order valence-corrected chi connectivity index (χ1v) is 10.0. The third-order valence-corrected chi connectivity index (χ3v) is 5.11. The van der Waals surface area contributed by atoms with Gasteiger partial charge in [-0.1, -0.05) is 24.3 Å². The zero-order chi connectivity index (χ0) is 20.2. The highest BCUT2D eigenvalue weighted by molar-refractivity contribution is 5.93. The second kappa shape index (κ2) is 8.39. The number of hydrogen-bond acceptors (Lipinski definition) is 4. The number of aromatic nitrogens is 2. The van der Waals surface area contributed by atoms with Gasteiger partial charge in [0, 0.05) is 37.9 Å². The normalized spacial score (nSPS) is 14.1. The summed E-state index contributed by atoms with van der Waals surface area (Å²) in [6.45, 7) is 7.49. The summed E-state index contributed by atoms with van der Waals surface area (Å²) in [4.78, 5) is 17.4. The fraction of sp³-hybridized carbons (Fsp3) is 0.304. The van der Waals surface area contributed by atoms with Gasteiger partial charge < -0.3 is 14.5 Å². The zero-order valence-electron chi connectivity index (χ0n) is 16.9. The van der Waals surface area contributed by atoms with E-state index in [0.29, 0.717) is 25.4 Å². The SMILES string of the molecule is CCOc1cccc(N2CCN(C(=O)c3cc(C)nn3-c3ccccc3)CC2)c1. The van der Waals surface area contributed by atoms with Crippen LogP contribution in [0.4, 0.5) is 5.69 Å². The summed E-state index contributed by atoms with van der Waals surface area (Å²) in [6, 6.07) is 19.8. The molecular weight excluding hydrogens is 364 g/mol. The largest absolute Gasteiger partial charge is 0.494 e. The smallest absolute Gasteiger partial charge is 0.272 e. The van der Waals surface area contributed by atoms with E-state index in [9.17, 15) is 4.79 Å². The predicted octanol–water partition coefficient (Wildman–Crippen LogP) is 3.54. The molecule has 1 amide bonds. The van der Waals surface area contributed by atoms with Gasteiger partial charge in [0.25, 0.3) is 5.91 Å². The number of carbonyl (C=O) groups is 1. The van der Waals surface area contributed by atoms with E-state index >= 15 is 0 Å². The maximum Gasteiger partial charge on any atom is 0.272 e. The first-order chi connectivity index (χ1) is 14.2. The number of carbonyl (C=O) groups excluding carboxylic acids is 1. The first-order valence-electron chi connectivity index (χ1n) is 10.0. The van der Waals surface area contributed by atoms with E-state index < -0.39 is 0 Å². The molecule has 2 aromatic carbocycles. The van der Waals surface area contributed by atoms with Crippen molar-refractivity contribution in [3.8, 4) is 11.4 Å². The second-order valence-corrected chi connectivity index (χ2v) is 7.13. The van der Waals surface area contributed by atoms with Gasteiger partial charge in [0.2, 0.25) is 0 Å². The number of benzene rings is 2. The summed E-state index contributed by atoms with van der Waals surface area (Å²) in [7, 11) is 0. The van der Waals surface area contributed by atoms with Gasteiger partial charge in [-0.15, -0.1) is 0 Å². The van der Waals surface area contributed by atoms with Gasteiger partial charge in [0.1, 0.15) is 11.4 Å². The average Bonchev–Trinajstić information content (AvgIpc) is 3.16. The van der Waals surface area contributed by atoms with Crippen molar-refractivity contribution < 1.29 is 9.53 Å². The Morgan fingerprint density at radius 2 is 1.69 bits per heavy atom. The zero-order valence-corrected chi connectivity index (χ0v) is 16.9. The van der Waals surface area contributed by atoms with Crippen LogP contribution in [0.25, 0.3) is 5.69 Å². The Hall–Kier alpha value is -3.28. The van der Waals surface area contributed by atoms with Crippen LogP contribution in [-0.4, -0.2) is 53.4 Å². The van der Waals surface area contributed by atoms with Crippen LogP contribution < -0.4 is 9.64 Å². The molecule has 1 saturated heterocycles. The lowest BCUT2D eigenvalue weighted by atomic mass is 10.2. The minimum Gasteiger partial charge on any atom is -0.494 e. The summed E-state index contributed by atoms with van der Waals surface area (Å²) >= 11 is 0. The summed E-state index contributed by atoms with van der Waals surface area (Å²) in [5.41, 5.74) is 3.48. The minimum absolute atomic E-state index is 0.0252. The van der Waals surface area contributed by atoms with E-state index in [0.717, 1.165) is 35.9 Å². The molecule has 150 valence electrons. The molecule has 0 saturated carbocycles. The molecular formula is C23H26N4O2. The molecule has 6 nitrogen and oxygen atoms in total. The van der Waals surface area contributed by atoms with Crippen LogP contribution in [0.2, 0.25) is 0 Å². The molecule has 0 unspecified atom stereocenters. The van der Waals surface area contributed by atoms with Gasteiger partial charge in [-0.2, -0.15) is 5.10 Å². The molecule has 0 bridgehead atoms. The second-order valence-electron chi connectivity index (χ2n) is 7.13. The lowest BCUT2D eigenvalue weighted by Crippen LogP contribution is -2.49. The van der Waals surface area contributed by atoms with Gasteiger partial charge in [-0.05, 0) is 44.2 Å². The fourth-order valence-electron chi connectivity index (χ4n) is 3.68. The number of aryl methyl sites for hydroxylation is 1. The van der Waals surface area contributed by atoms with Crippen molar-refractivity contribution in [2.75, 3.05) is 37.7 Å². The van der Waals surface area contributed by atoms with Crippen molar-refractivity contribution in [3.05, 3.63) is 72.1 Å². The lowest BCUT2D eigenvalue weighted by molar-refractivity contribution is 0.0737. The molecule has 1 fully saturated rings. The highest BCUT2D eigenvalue weighted by atomic mass is 16.5. The molecule has 4 rings (SSSR count). The van der Waals surface area contributed by atoms with E-state index in [1.807, 2.05) is 67.3 Å². The molecule has 0 spiro atoms. The summed E-state index contributed by atoms with van der Waals surface area (Å²) < 4.78 is 7.36. The number of nitrogens with zero attached hydrogens (tertiary/aromatic N) is 4. The Balaban J connectivity index is 1.47. The Labute approximate surface area is 171 Å². The van der Waals surface area contributed by atoms with E-state index in [1.165, 1.54) is 0 Å². The maximum atomic E-state index is 13.2. The quantitative estimate of drug-likeness (QED) is 0.669. The third kappa shape index (κ3) is 4.11. The van der Waals surface area contributed by atoms with Crippen molar-refractivity contribution in [1.29, 1.82) is 0 Å². The van der Waals surface area contributed by atoms with Crippen LogP contribution in [0, 0.1) is 6.92 Å². The Morgan fingerprint density at radius 3 is 2.41 bits per heavy atom. The van der Waals surface area contributed by atoms with Crippen LogP contribution >= 0.6 is 0 Å². The van der Waals surface area contributed by atoms with Crippen LogP contribution in [0.5, 0.6) is 5.75 Å².